The lowest BCUT2D eigenvalue weighted by atomic mass is 10.0. The summed E-state index contributed by atoms with van der Waals surface area (Å²) in [5, 5.41) is 1.62. The fourth-order valence-electron chi connectivity index (χ4n) is 2.86. The minimum Gasteiger partial charge on any atom is -0.330 e. The highest BCUT2D eigenvalue weighted by Crippen LogP contribution is 2.49. The Labute approximate surface area is 98.0 Å². The molecule has 0 bridgehead atoms. The van der Waals surface area contributed by atoms with E-state index in [4.69, 9.17) is 5.73 Å². The van der Waals surface area contributed by atoms with Gasteiger partial charge in [0.05, 0.1) is 0 Å². The number of nitrogens with zero attached hydrogens (tertiary/aromatic N) is 1. The van der Waals surface area contributed by atoms with Crippen LogP contribution < -0.4 is 5.73 Å². The van der Waals surface area contributed by atoms with Crippen molar-refractivity contribution in [1.82, 2.24) is 4.90 Å². The van der Waals surface area contributed by atoms with Gasteiger partial charge in [0.1, 0.15) is 0 Å². The van der Waals surface area contributed by atoms with Crippen LogP contribution in [-0.2, 0) is 0 Å². The second-order valence-electron chi connectivity index (χ2n) is 5.49. The van der Waals surface area contributed by atoms with Gasteiger partial charge in [-0.2, -0.15) is 11.8 Å². The minimum absolute atomic E-state index is 0.621. The SMILES string of the molecule is CC1CN(CC2(CCN)CC2)CC(C)S1. The summed E-state index contributed by atoms with van der Waals surface area (Å²) in [6.07, 6.45) is 4.06. The minimum atomic E-state index is 0.621. The van der Waals surface area contributed by atoms with E-state index in [2.05, 4.69) is 30.5 Å². The van der Waals surface area contributed by atoms with Crippen molar-refractivity contribution in [2.24, 2.45) is 11.1 Å². The van der Waals surface area contributed by atoms with Gasteiger partial charge < -0.3 is 10.6 Å². The van der Waals surface area contributed by atoms with Crippen molar-refractivity contribution >= 4 is 11.8 Å². The van der Waals surface area contributed by atoms with Crippen molar-refractivity contribution in [3.63, 3.8) is 0 Å². The summed E-state index contributed by atoms with van der Waals surface area (Å²) < 4.78 is 0. The van der Waals surface area contributed by atoms with E-state index in [1.165, 1.54) is 38.9 Å². The molecule has 0 amide bonds. The van der Waals surface area contributed by atoms with Gasteiger partial charge in [-0.15, -0.1) is 0 Å². The predicted molar refractivity (Wildman–Crippen MR) is 68.3 cm³/mol. The van der Waals surface area contributed by atoms with E-state index >= 15 is 0 Å². The highest BCUT2D eigenvalue weighted by Gasteiger charge is 2.43. The molecule has 3 heteroatoms. The molecule has 0 aromatic rings. The third kappa shape index (κ3) is 3.11. The summed E-state index contributed by atoms with van der Waals surface area (Å²) >= 11 is 2.14. The highest BCUT2D eigenvalue weighted by molar-refractivity contribution is 8.00. The topological polar surface area (TPSA) is 29.3 Å². The summed E-state index contributed by atoms with van der Waals surface area (Å²) in [4.78, 5) is 2.68. The molecule has 0 aromatic heterocycles. The van der Waals surface area contributed by atoms with E-state index in [0.29, 0.717) is 5.41 Å². The van der Waals surface area contributed by atoms with Gasteiger partial charge in [-0.3, -0.25) is 0 Å². The van der Waals surface area contributed by atoms with E-state index < -0.39 is 0 Å². The van der Waals surface area contributed by atoms with Crippen molar-refractivity contribution in [1.29, 1.82) is 0 Å². The van der Waals surface area contributed by atoms with Crippen molar-refractivity contribution < 1.29 is 0 Å². The maximum atomic E-state index is 5.69. The highest BCUT2D eigenvalue weighted by atomic mass is 32.2. The molecule has 2 rings (SSSR count). The molecule has 1 saturated carbocycles. The Kier molecular flexibility index (Phi) is 3.63. The van der Waals surface area contributed by atoms with Crippen LogP contribution in [0.4, 0.5) is 0 Å². The van der Waals surface area contributed by atoms with Gasteiger partial charge in [-0.05, 0) is 31.2 Å². The zero-order valence-electron chi connectivity index (χ0n) is 10.0. The van der Waals surface area contributed by atoms with Crippen LogP contribution in [0, 0.1) is 5.41 Å². The van der Waals surface area contributed by atoms with Crippen LogP contribution in [0.2, 0.25) is 0 Å². The second-order valence-corrected chi connectivity index (χ2v) is 7.37. The van der Waals surface area contributed by atoms with Crippen molar-refractivity contribution in [3.05, 3.63) is 0 Å². The molecule has 1 heterocycles. The van der Waals surface area contributed by atoms with Gasteiger partial charge in [0.25, 0.3) is 0 Å². The fourth-order valence-corrected chi connectivity index (χ4v) is 4.24. The monoisotopic (exact) mass is 228 g/mol. The van der Waals surface area contributed by atoms with E-state index in [-0.39, 0.29) is 0 Å². The van der Waals surface area contributed by atoms with Crippen molar-refractivity contribution in [2.45, 2.75) is 43.6 Å². The first-order valence-electron chi connectivity index (χ1n) is 6.21. The lowest BCUT2D eigenvalue weighted by molar-refractivity contribution is 0.211. The molecular formula is C12H24N2S. The molecule has 2 nitrogen and oxygen atoms in total. The van der Waals surface area contributed by atoms with Gasteiger partial charge in [0.2, 0.25) is 0 Å². The summed E-state index contributed by atoms with van der Waals surface area (Å²) in [6.45, 7) is 9.45. The Morgan fingerprint density at radius 2 is 1.87 bits per heavy atom. The Bertz CT molecular complexity index is 206. The molecule has 2 unspecified atom stereocenters. The first-order chi connectivity index (χ1) is 7.13. The van der Waals surface area contributed by atoms with E-state index in [9.17, 15) is 0 Å². The lowest BCUT2D eigenvalue weighted by Crippen LogP contribution is -2.43. The quantitative estimate of drug-likeness (QED) is 0.797. The molecule has 2 aliphatic rings. The third-order valence-corrected chi connectivity index (χ3v) is 4.91. The number of thioether (sulfide) groups is 1. The predicted octanol–water partition coefficient (Wildman–Crippen LogP) is 1.94. The van der Waals surface area contributed by atoms with Crippen LogP contribution >= 0.6 is 11.8 Å². The average molecular weight is 228 g/mol. The van der Waals surface area contributed by atoms with Gasteiger partial charge in [-0.25, -0.2) is 0 Å². The molecule has 1 aliphatic carbocycles. The van der Waals surface area contributed by atoms with Crippen LogP contribution in [0.1, 0.15) is 33.1 Å². The summed E-state index contributed by atoms with van der Waals surface area (Å²) in [5.41, 5.74) is 6.31. The molecule has 1 saturated heterocycles. The molecule has 0 aromatic carbocycles. The Morgan fingerprint density at radius 3 is 2.33 bits per heavy atom. The summed E-state index contributed by atoms with van der Waals surface area (Å²) in [7, 11) is 0. The Balaban J connectivity index is 1.83. The molecule has 1 aliphatic heterocycles. The molecule has 88 valence electrons. The van der Waals surface area contributed by atoms with Crippen molar-refractivity contribution in [2.75, 3.05) is 26.2 Å². The summed E-state index contributed by atoms with van der Waals surface area (Å²) in [5.74, 6) is 0. The number of hydrogen-bond donors (Lipinski definition) is 1. The zero-order valence-corrected chi connectivity index (χ0v) is 10.9. The maximum absolute atomic E-state index is 5.69. The molecular weight excluding hydrogens is 204 g/mol. The number of hydrogen-bond acceptors (Lipinski definition) is 3. The summed E-state index contributed by atoms with van der Waals surface area (Å²) in [6, 6.07) is 0. The van der Waals surface area contributed by atoms with Gasteiger partial charge in [-0.1, -0.05) is 13.8 Å². The van der Waals surface area contributed by atoms with Crippen LogP contribution in [0.3, 0.4) is 0 Å². The molecule has 0 radical (unpaired) electrons. The Hall–Kier alpha value is 0.270. The van der Waals surface area contributed by atoms with Crippen LogP contribution in [-0.4, -0.2) is 41.6 Å². The van der Waals surface area contributed by atoms with Crippen LogP contribution in [0.15, 0.2) is 0 Å². The Morgan fingerprint density at radius 1 is 1.27 bits per heavy atom. The fraction of sp³-hybridized carbons (Fsp3) is 1.00. The normalized spacial score (nSPS) is 35.4. The number of nitrogens with two attached hydrogens (primary N) is 1. The zero-order chi connectivity index (χ0) is 10.9. The smallest absolute Gasteiger partial charge is 0.0149 e. The van der Waals surface area contributed by atoms with Gasteiger partial charge in [0, 0.05) is 30.1 Å². The first-order valence-corrected chi connectivity index (χ1v) is 7.16. The van der Waals surface area contributed by atoms with E-state index in [1.807, 2.05) is 0 Å². The van der Waals surface area contributed by atoms with Crippen molar-refractivity contribution in [3.8, 4) is 0 Å². The van der Waals surface area contributed by atoms with Gasteiger partial charge >= 0.3 is 0 Å². The largest absolute Gasteiger partial charge is 0.330 e. The van der Waals surface area contributed by atoms with E-state index in [1.54, 1.807) is 0 Å². The molecule has 0 spiro atoms. The molecule has 2 atom stereocenters. The second kappa shape index (κ2) is 4.64. The van der Waals surface area contributed by atoms with Crippen LogP contribution in [0.25, 0.3) is 0 Å². The maximum Gasteiger partial charge on any atom is 0.0149 e. The first kappa shape index (κ1) is 11.7. The van der Waals surface area contributed by atoms with Crippen LogP contribution in [0.5, 0.6) is 0 Å². The molecule has 15 heavy (non-hydrogen) atoms. The van der Waals surface area contributed by atoms with Gasteiger partial charge in [0.15, 0.2) is 0 Å². The third-order valence-electron chi connectivity index (χ3n) is 3.69. The molecule has 2 fully saturated rings. The number of rotatable bonds is 4. The lowest BCUT2D eigenvalue weighted by Gasteiger charge is -2.36. The average Bonchev–Trinajstić information content (AvgIpc) is 2.83. The van der Waals surface area contributed by atoms with E-state index in [0.717, 1.165) is 17.0 Å². The standard InChI is InChI=1S/C12H24N2S/c1-10-7-14(8-11(2)15-10)9-12(3-4-12)5-6-13/h10-11H,3-9,13H2,1-2H3. The molecule has 2 N–H and O–H groups in total.